The van der Waals surface area contributed by atoms with Crippen molar-refractivity contribution < 1.29 is 4.92 Å². The van der Waals surface area contributed by atoms with Crippen LogP contribution in [0.25, 0.3) is 0 Å². The molecule has 0 unspecified atom stereocenters. The molecule has 0 amide bonds. The van der Waals surface area contributed by atoms with Crippen molar-refractivity contribution in [2.45, 2.75) is 32.6 Å². The molecule has 1 rings (SSSR count). The van der Waals surface area contributed by atoms with Gasteiger partial charge in [-0.05, 0) is 18.9 Å². The quantitative estimate of drug-likeness (QED) is 0.340. The molecule has 0 spiro atoms. The number of nitro groups is 1. The number of nitrogens with zero attached hydrogens (tertiary/aromatic N) is 2. The van der Waals surface area contributed by atoms with Gasteiger partial charge in [-0.2, -0.15) is 5.10 Å². The summed E-state index contributed by atoms with van der Waals surface area (Å²) >= 11 is 0. The van der Waals surface area contributed by atoms with Gasteiger partial charge in [-0.25, -0.2) is 0 Å². The molecular formula is C12H17N3O2. The monoisotopic (exact) mass is 235 g/mol. The van der Waals surface area contributed by atoms with Crippen LogP contribution in [0.15, 0.2) is 29.4 Å². The van der Waals surface area contributed by atoms with Crippen LogP contribution in [0, 0.1) is 10.1 Å². The molecule has 0 radical (unpaired) electrons. The van der Waals surface area contributed by atoms with E-state index in [1.807, 2.05) is 0 Å². The van der Waals surface area contributed by atoms with Crippen molar-refractivity contribution in [1.29, 1.82) is 0 Å². The highest BCUT2D eigenvalue weighted by Crippen LogP contribution is 2.22. The SMILES string of the molecule is CCCCC/C=N\Nc1ccccc1[N+](=O)[O-]. The van der Waals surface area contributed by atoms with E-state index in [0.717, 1.165) is 12.8 Å². The molecule has 92 valence electrons. The van der Waals surface area contributed by atoms with Gasteiger partial charge < -0.3 is 0 Å². The van der Waals surface area contributed by atoms with Gasteiger partial charge >= 0.3 is 0 Å². The molecule has 0 aliphatic carbocycles. The highest BCUT2D eigenvalue weighted by molar-refractivity contribution is 5.64. The van der Waals surface area contributed by atoms with E-state index >= 15 is 0 Å². The highest BCUT2D eigenvalue weighted by atomic mass is 16.6. The average molecular weight is 235 g/mol. The molecule has 0 fully saturated rings. The summed E-state index contributed by atoms with van der Waals surface area (Å²) in [6.07, 6.45) is 6.09. The van der Waals surface area contributed by atoms with E-state index in [0.29, 0.717) is 5.69 Å². The Bertz CT molecular complexity index is 391. The van der Waals surface area contributed by atoms with Crippen molar-refractivity contribution in [3.8, 4) is 0 Å². The van der Waals surface area contributed by atoms with Crippen molar-refractivity contribution >= 4 is 17.6 Å². The lowest BCUT2D eigenvalue weighted by Crippen LogP contribution is -1.96. The van der Waals surface area contributed by atoms with Gasteiger partial charge in [-0.3, -0.25) is 15.5 Å². The molecule has 0 saturated carbocycles. The second-order valence-corrected chi connectivity index (χ2v) is 3.69. The second-order valence-electron chi connectivity index (χ2n) is 3.69. The smallest absolute Gasteiger partial charge is 0.272 e. The maximum absolute atomic E-state index is 10.7. The molecule has 0 aliphatic rings. The topological polar surface area (TPSA) is 67.5 Å². The lowest BCUT2D eigenvalue weighted by molar-refractivity contribution is -0.384. The minimum absolute atomic E-state index is 0.0400. The van der Waals surface area contributed by atoms with Gasteiger partial charge in [0.05, 0.1) is 4.92 Å². The minimum atomic E-state index is -0.422. The molecule has 1 N–H and O–H groups in total. The van der Waals surface area contributed by atoms with Crippen molar-refractivity contribution in [3.05, 3.63) is 34.4 Å². The van der Waals surface area contributed by atoms with Gasteiger partial charge in [0.2, 0.25) is 0 Å². The van der Waals surface area contributed by atoms with Crippen LogP contribution in [-0.4, -0.2) is 11.1 Å². The molecule has 0 saturated heterocycles. The fourth-order valence-electron chi connectivity index (χ4n) is 1.39. The third-order valence-corrected chi connectivity index (χ3v) is 2.31. The molecule has 0 heterocycles. The van der Waals surface area contributed by atoms with Crippen LogP contribution in [-0.2, 0) is 0 Å². The fourth-order valence-corrected chi connectivity index (χ4v) is 1.39. The van der Waals surface area contributed by atoms with E-state index in [9.17, 15) is 10.1 Å². The van der Waals surface area contributed by atoms with Crippen LogP contribution >= 0.6 is 0 Å². The number of para-hydroxylation sites is 2. The third-order valence-electron chi connectivity index (χ3n) is 2.31. The Labute approximate surface area is 101 Å². The number of anilines is 1. The fraction of sp³-hybridized carbons (Fsp3) is 0.417. The summed E-state index contributed by atoms with van der Waals surface area (Å²) in [5, 5.41) is 14.7. The van der Waals surface area contributed by atoms with Crippen molar-refractivity contribution in [2.24, 2.45) is 5.10 Å². The maximum atomic E-state index is 10.7. The van der Waals surface area contributed by atoms with Crippen LogP contribution in [0.4, 0.5) is 11.4 Å². The van der Waals surface area contributed by atoms with Crippen molar-refractivity contribution in [2.75, 3.05) is 5.43 Å². The summed E-state index contributed by atoms with van der Waals surface area (Å²) in [5.41, 5.74) is 3.16. The summed E-state index contributed by atoms with van der Waals surface area (Å²) in [7, 11) is 0. The molecule has 1 aromatic rings. The third kappa shape index (κ3) is 4.63. The second kappa shape index (κ2) is 7.38. The number of nitrogens with one attached hydrogen (secondary N) is 1. The standard InChI is InChI=1S/C12H17N3O2/c1-2-3-4-7-10-13-14-11-8-5-6-9-12(11)15(16)17/h5-6,8-10,14H,2-4,7H2,1H3/b13-10-. The lowest BCUT2D eigenvalue weighted by Gasteiger charge is -2.00. The van der Waals surface area contributed by atoms with Crippen LogP contribution in [0.3, 0.4) is 0 Å². The van der Waals surface area contributed by atoms with E-state index in [1.165, 1.54) is 18.9 Å². The summed E-state index contributed by atoms with van der Waals surface area (Å²) in [5.74, 6) is 0. The lowest BCUT2D eigenvalue weighted by atomic mass is 10.2. The van der Waals surface area contributed by atoms with Gasteiger partial charge in [-0.1, -0.05) is 31.9 Å². The summed E-state index contributed by atoms with van der Waals surface area (Å²) in [4.78, 5) is 10.3. The first kappa shape index (κ1) is 13.2. The number of unbranched alkanes of at least 4 members (excludes halogenated alkanes) is 3. The molecule has 0 aliphatic heterocycles. The predicted octanol–water partition coefficient (Wildman–Crippen LogP) is 3.57. The van der Waals surface area contributed by atoms with Crippen molar-refractivity contribution in [1.82, 2.24) is 0 Å². The van der Waals surface area contributed by atoms with Gasteiger partial charge in [0.25, 0.3) is 5.69 Å². The van der Waals surface area contributed by atoms with Crippen LogP contribution in [0.1, 0.15) is 32.6 Å². The van der Waals surface area contributed by atoms with Crippen molar-refractivity contribution in [3.63, 3.8) is 0 Å². The molecule has 5 nitrogen and oxygen atoms in total. The summed E-state index contributed by atoms with van der Waals surface area (Å²) < 4.78 is 0. The van der Waals surface area contributed by atoms with Gasteiger partial charge in [0.1, 0.15) is 5.69 Å². The number of hydrazone groups is 1. The van der Waals surface area contributed by atoms with E-state index in [1.54, 1.807) is 24.4 Å². The summed E-state index contributed by atoms with van der Waals surface area (Å²) in [6.45, 7) is 2.14. The zero-order chi connectivity index (χ0) is 12.5. The average Bonchev–Trinajstić information content (AvgIpc) is 2.34. The Kier molecular flexibility index (Phi) is 5.71. The summed E-state index contributed by atoms with van der Waals surface area (Å²) in [6, 6.07) is 6.46. The minimum Gasteiger partial charge on any atom is -0.272 e. The molecular weight excluding hydrogens is 218 g/mol. The Hall–Kier alpha value is -1.91. The van der Waals surface area contributed by atoms with E-state index in [-0.39, 0.29) is 5.69 Å². The Morgan fingerprint density at radius 3 is 2.88 bits per heavy atom. The number of hydrogen-bond donors (Lipinski definition) is 1. The van der Waals surface area contributed by atoms with Crippen LogP contribution in [0.2, 0.25) is 0 Å². The van der Waals surface area contributed by atoms with Gasteiger partial charge in [-0.15, -0.1) is 0 Å². The largest absolute Gasteiger partial charge is 0.294 e. The Morgan fingerprint density at radius 2 is 2.18 bits per heavy atom. The number of benzene rings is 1. The van der Waals surface area contributed by atoms with Gasteiger partial charge in [0, 0.05) is 12.3 Å². The van der Waals surface area contributed by atoms with Crippen LogP contribution < -0.4 is 5.43 Å². The molecule has 5 heteroatoms. The Balaban J connectivity index is 2.48. The van der Waals surface area contributed by atoms with Crippen LogP contribution in [0.5, 0.6) is 0 Å². The first-order valence-electron chi connectivity index (χ1n) is 5.76. The molecule has 0 atom stereocenters. The first-order chi connectivity index (χ1) is 8.25. The zero-order valence-electron chi connectivity index (χ0n) is 9.93. The highest BCUT2D eigenvalue weighted by Gasteiger charge is 2.10. The number of hydrogen-bond acceptors (Lipinski definition) is 4. The molecule has 0 bridgehead atoms. The predicted molar refractivity (Wildman–Crippen MR) is 69.4 cm³/mol. The Morgan fingerprint density at radius 1 is 1.41 bits per heavy atom. The molecule has 0 aromatic heterocycles. The normalized spacial score (nSPS) is 10.6. The molecule has 17 heavy (non-hydrogen) atoms. The first-order valence-corrected chi connectivity index (χ1v) is 5.76. The zero-order valence-corrected chi connectivity index (χ0v) is 9.93. The van der Waals surface area contributed by atoms with Gasteiger partial charge in [0.15, 0.2) is 0 Å². The number of nitro benzene ring substituents is 1. The van der Waals surface area contributed by atoms with E-state index in [2.05, 4.69) is 17.5 Å². The molecule has 1 aromatic carbocycles. The van der Waals surface area contributed by atoms with E-state index in [4.69, 9.17) is 0 Å². The number of rotatable bonds is 7. The van der Waals surface area contributed by atoms with E-state index < -0.39 is 4.92 Å². The maximum Gasteiger partial charge on any atom is 0.294 e.